The van der Waals surface area contributed by atoms with Crippen LogP contribution >= 0.6 is 0 Å². The Labute approximate surface area is 210 Å². The number of carbonyl (C=O) groups is 2. The standard InChI is InChI=1S/C28H33N3O5/c1-23(2)9-11-34-20-17(36-23)7-6-16-19(20)29-21(32)27(16)13-25-14-31-10-8-26(15-35-26)28(31,22(33)30(25)5)12-18(25)24(27,3)4/h6-7,9,11,18H,8,10,12-15H2,1-5H3,(H,29,32)/t18?,25-,26+,27?,28+/m1/s1. The van der Waals surface area contributed by atoms with Crippen molar-refractivity contribution in [1.29, 1.82) is 0 Å². The topological polar surface area (TPSA) is 83.6 Å². The molecule has 5 atom stereocenters. The van der Waals surface area contributed by atoms with Crippen LogP contribution in [0.1, 0.15) is 52.5 Å². The predicted octanol–water partition coefficient (Wildman–Crippen LogP) is 2.81. The number of likely N-dealkylation sites (N-methyl/N-ethyl adjacent to an activating group) is 1. The summed E-state index contributed by atoms with van der Waals surface area (Å²) in [5.74, 6) is 1.51. The van der Waals surface area contributed by atoms with Gasteiger partial charge in [0, 0.05) is 20.1 Å². The van der Waals surface area contributed by atoms with Crippen LogP contribution in [-0.4, -0.2) is 70.6 Å². The van der Waals surface area contributed by atoms with E-state index in [1.165, 1.54) is 0 Å². The monoisotopic (exact) mass is 491 g/mol. The number of nitrogens with one attached hydrogen (secondary N) is 1. The summed E-state index contributed by atoms with van der Waals surface area (Å²) in [5, 5.41) is 3.22. The van der Waals surface area contributed by atoms with E-state index in [-0.39, 0.29) is 23.3 Å². The lowest BCUT2D eigenvalue weighted by Gasteiger charge is -2.64. The molecule has 8 aliphatic rings. The fourth-order valence-corrected chi connectivity index (χ4v) is 9.35. The van der Waals surface area contributed by atoms with Gasteiger partial charge in [-0.15, -0.1) is 0 Å². The molecule has 2 unspecified atom stereocenters. The summed E-state index contributed by atoms with van der Waals surface area (Å²) >= 11 is 0. The third kappa shape index (κ3) is 1.97. The quantitative estimate of drug-likeness (QED) is 0.562. The average molecular weight is 492 g/mol. The molecular weight excluding hydrogens is 458 g/mol. The van der Waals surface area contributed by atoms with Crippen molar-refractivity contribution < 1.29 is 23.8 Å². The van der Waals surface area contributed by atoms with E-state index in [0.29, 0.717) is 30.2 Å². The van der Waals surface area contributed by atoms with Crippen molar-refractivity contribution in [2.45, 2.75) is 74.7 Å². The molecule has 6 fully saturated rings. The van der Waals surface area contributed by atoms with E-state index in [2.05, 4.69) is 24.1 Å². The van der Waals surface area contributed by atoms with Crippen molar-refractivity contribution >= 4 is 17.5 Å². The second kappa shape index (κ2) is 5.78. The van der Waals surface area contributed by atoms with Crippen LogP contribution in [0.4, 0.5) is 5.69 Å². The number of hydrogen-bond donors (Lipinski definition) is 1. The van der Waals surface area contributed by atoms with Crippen molar-refractivity contribution in [3.05, 3.63) is 30.0 Å². The molecule has 2 bridgehead atoms. The number of amides is 2. The highest BCUT2D eigenvalue weighted by molar-refractivity contribution is 6.09. The molecule has 1 N–H and O–H groups in total. The van der Waals surface area contributed by atoms with Crippen LogP contribution < -0.4 is 14.8 Å². The van der Waals surface area contributed by atoms with Crippen molar-refractivity contribution in [2.75, 3.05) is 32.1 Å². The fraction of sp³-hybridized carbons (Fsp3) is 0.643. The normalized spacial score (nSPS) is 44.0. The van der Waals surface area contributed by atoms with Gasteiger partial charge in [0.15, 0.2) is 11.5 Å². The highest BCUT2D eigenvalue weighted by atomic mass is 16.6. The summed E-state index contributed by atoms with van der Waals surface area (Å²) < 4.78 is 18.3. The molecule has 4 spiro atoms. The molecule has 8 nitrogen and oxygen atoms in total. The Hall–Kier alpha value is -2.58. The number of anilines is 1. The van der Waals surface area contributed by atoms with Gasteiger partial charge < -0.3 is 24.4 Å². The maximum atomic E-state index is 14.2. The lowest BCUT2D eigenvalue weighted by atomic mass is 9.56. The summed E-state index contributed by atoms with van der Waals surface area (Å²) in [7, 11) is 1.96. The molecule has 8 heteroatoms. The third-order valence-corrected chi connectivity index (χ3v) is 11.3. The maximum absolute atomic E-state index is 14.2. The van der Waals surface area contributed by atoms with Crippen LogP contribution in [0, 0.1) is 11.3 Å². The number of hydrogen-bond acceptors (Lipinski definition) is 6. The zero-order valence-corrected chi connectivity index (χ0v) is 21.6. The summed E-state index contributed by atoms with van der Waals surface area (Å²) in [4.78, 5) is 32.7. The summed E-state index contributed by atoms with van der Waals surface area (Å²) in [5.41, 5.74) is -1.41. The van der Waals surface area contributed by atoms with Gasteiger partial charge in [-0.2, -0.15) is 0 Å². The molecular formula is C28H33N3O5. The second-order valence-electron chi connectivity index (χ2n) is 13.2. The minimum atomic E-state index is -0.783. The summed E-state index contributed by atoms with van der Waals surface area (Å²) in [6.45, 7) is 10.8. The fourth-order valence-electron chi connectivity index (χ4n) is 9.35. The summed E-state index contributed by atoms with van der Waals surface area (Å²) in [6.07, 6.45) is 5.78. The van der Waals surface area contributed by atoms with Crippen LogP contribution in [0.2, 0.25) is 0 Å². The molecule has 0 aromatic heterocycles. The Balaban J connectivity index is 1.31. The van der Waals surface area contributed by atoms with E-state index in [4.69, 9.17) is 14.2 Å². The van der Waals surface area contributed by atoms with Crippen molar-refractivity contribution in [2.24, 2.45) is 11.3 Å². The van der Waals surface area contributed by atoms with Crippen molar-refractivity contribution in [3.8, 4) is 11.5 Å². The number of fused-ring (bicyclic) bond motifs is 5. The van der Waals surface area contributed by atoms with Gasteiger partial charge in [-0.3, -0.25) is 14.5 Å². The SMILES string of the molecule is CN1C(=O)[C@]23CC4C(C)(C)C5(C[C@@]41CN2CC[C@]31CO1)C(=O)Nc1c5ccc2c1OC=CC(C)(C)O2. The minimum Gasteiger partial charge on any atom is -0.480 e. The Bertz CT molecular complexity index is 1310. The third-order valence-electron chi connectivity index (χ3n) is 11.3. The number of carbonyl (C=O) groups excluding carboxylic acids is 2. The predicted molar refractivity (Wildman–Crippen MR) is 131 cm³/mol. The van der Waals surface area contributed by atoms with E-state index >= 15 is 0 Å². The molecule has 1 saturated carbocycles. The van der Waals surface area contributed by atoms with Crippen LogP contribution in [0.5, 0.6) is 11.5 Å². The van der Waals surface area contributed by atoms with E-state index < -0.39 is 27.5 Å². The smallest absolute Gasteiger partial charge is 0.246 e. The Kier molecular flexibility index (Phi) is 3.45. The van der Waals surface area contributed by atoms with Gasteiger partial charge in [0.05, 0.1) is 29.5 Å². The number of piperazine rings is 1. The minimum absolute atomic E-state index is 0.00453. The molecule has 1 aromatic carbocycles. The van der Waals surface area contributed by atoms with Gasteiger partial charge >= 0.3 is 0 Å². The highest BCUT2D eigenvalue weighted by Gasteiger charge is 2.85. The number of nitrogens with zero attached hydrogens (tertiary/aromatic N) is 2. The summed E-state index contributed by atoms with van der Waals surface area (Å²) in [6, 6.07) is 3.99. The Morgan fingerprint density at radius 1 is 1.14 bits per heavy atom. The van der Waals surface area contributed by atoms with E-state index in [0.717, 1.165) is 31.5 Å². The van der Waals surface area contributed by atoms with E-state index in [1.54, 1.807) is 6.26 Å². The number of rotatable bonds is 0. The van der Waals surface area contributed by atoms with Crippen molar-refractivity contribution in [3.63, 3.8) is 0 Å². The Morgan fingerprint density at radius 3 is 2.67 bits per heavy atom. The maximum Gasteiger partial charge on any atom is 0.246 e. The van der Waals surface area contributed by atoms with Crippen LogP contribution in [0.15, 0.2) is 24.5 Å². The first-order chi connectivity index (χ1) is 16.9. The largest absolute Gasteiger partial charge is 0.480 e. The zero-order valence-electron chi connectivity index (χ0n) is 21.6. The zero-order chi connectivity index (χ0) is 25.1. The van der Waals surface area contributed by atoms with E-state index in [9.17, 15) is 9.59 Å². The lowest BCUT2D eigenvalue weighted by molar-refractivity contribution is -0.191. The number of ether oxygens (including phenoxy) is 3. The molecule has 2 amide bonds. The van der Waals surface area contributed by atoms with Gasteiger partial charge in [0.1, 0.15) is 16.7 Å². The lowest BCUT2D eigenvalue weighted by Crippen LogP contribution is -2.81. The first-order valence-corrected chi connectivity index (χ1v) is 13.1. The molecule has 5 saturated heterocycles. The van der Waals surface area contributed by atoms with Gasteiger partial charge in [0.2, 0.25) is 11.8 Å². The molecule has 7 aliphatic heterocycles. The molecule has 7 heterocycles. The molecule has 1 aliphatic carbocycles. The number of epoxide rings is 1. The Morgan fingerprint density at radius 2 is 1.92 bits per heavy atom. The molecule has 9 rings (SSSR count). The highest BCUT2D eigenvalue weighted by Crippen LogP contribution is 2.74. The number of piperidine rings is 2. The van der Waals surface area contributed by atoms with Crippen molar-refractivity contribution in [1.82, 2.24) is 9.80 Å². The van der Waals surface area contributed by atoms with Gasteiger partial charge in [-0.25, -0.2) is 0 Å². The number of benzene rings is 1. The molecule has 0 radical (unpaired) electrons. The van der Waals surface area contributed by atoms with Crippen LogP contribution in [0.3, 0.4) is 0 Å². The van der Waals surface area contributed by atoms with Gasteiger partial charge in [-0.05, 0) is 62.1 Å². The van der Waals surface area contributed by atoms with Crippen LogP contribution in [-0.2, 0) is 19.7 Å². The van der Waals surface area contributed by atoms with E-state index in [1.807, 2.05) is 44.0 Å². The second-order valence-corrected chi connectivity index (χ2v) is 13.2. The van der Waals surface area contributed by atoms with Gasteiger partial charge in [-0.1, -0.05) is 19.9 Å². The van der Waals surface area contributed by atoms with Gasteiger partial charge in [0.25, 0.3) is 0 Å². The molecule has 36 heavy (non-hydrogen) atoms. The molecule has 190 valence electrons. The first-order valence-electron chi connectivity index (χ1n) is 13.1. The molecule has 1 aromatic rings. The van der Waals surface area contributed by atoms with Crippen LogP contribution in [0.25, 0.3) is 0 Å². The average Bonchev–Trinajstić information content (AvgIpc) is 3.45. The first kappa shape index (κ1) is 21.5.